The molecule has 1 atom stereocenters. The second-order valence-electron chi connectivity index (χ2n) is 10.2. The first-order valence-corrected chi connectivity index (χ1v) is 13.0. The van der Waals surface area contributed by atoms with Crippen LogP contribution in [0.5, 0.6) is 0 Å². The standard InChI is InChI=1S/C28H31FN6O/c1-17-5-3-6-21(29)26(17)34-13-9-19(10-14-34)20-15-23-27(33-18(2)16-32-23)35(28(20)36)24-8-4-7-22-25(24)31-12-11-30-22/h5,11-12,15-16,19,24H,3-4,6-10,13-14H2,1-2H3/t24-/m0/s1. The Labute approximate surface area is 209 Å². The lowest BCUT2D eigenvalue weighted by molar-refractivity contribution is 0.256. The van der Waals surface area contributed by atoms with E-state index in [1.165, 1.54) is 0 Å². The molecule has 0 aromatic carbocycles. The van der Waals surface area contributed by atoms with Crippen molar-refractivity contribution in [3.8, 4) is 0 Å². The molecule has 6 rings (SSSR count). The van der Waals surface area contributed by atoms with Crippen LogP contribution in [-0.4, -0.2) is 42.5 Å². The Hall–Kier alpha value is -3.42. The maximum absolute atomic E-state index is 14.7. The number of pyridine rings is 1. The minimum Gasteiger partial charge on any atom is -0.369 e. The Morgan fingerprint density at radius 3 is 2.64 bits per heavy atom. The molecule has 1 fully saturated rings. The van der Waals surface area contributed by atoms with E-state index in [1.54, 1.807) is 18.6 Å². The Kier molecular flexibility index (Phi) is 5.90. The Morgan fingerprint density at radius 1 is 1.03 bits per heavy atom. The monoisotopic (exact) mass is 486 g/mol. The number of hydrogen-bond acceptors (Lipinski definition) is 6. The number of aromatic nitrogens is 5. The summed E-state index contributed by atoms with van der Waals surface area (Å²) < 4.78 is 16.5. The summed E-state index contributed by atoms with van der Waals surface area (Å²) in [5.74, 6) is 0.0817. The van der Waals surface area contributed by atoms with Crippen molar-refractivity contribution in [1.29, 1.82) is 0 Å². The van der Waals surface area contributed by atoms with Gasteiger partial charge in [0.1, 0.15) is 11.3 Å². The third-order valence-corrected chi connectivity index (χ3v) is 7.91. The van der Waals surface area contributed by atoms with Gasteiger partial charge in [0.05, 0.1) is 28.8 Å². The van der Waals surface area contributed by atoms with Crippen molar-refractivity contribution in [3.05, 3.63) is 80.8 Å². The number of aryl methyl sites for hydroxylation is 2. The highest BCUT2D eigenvalue weighted by Gasteiger charge is 2.31. The second kappa shape index (κ2) is 9.22. The summed E-state index contributed by atoms with van der Waals surface area (Å²) in [6, 6.07) is 1.73. The summed E-state index contributed by atoms with van der Waals surface area (Å²) in [7, 11) is 0. The van der Waals surface area contributed by atoms with Gasteiger partial charge in [0.2, 0.25) is 0 Å². The topological polar surface area (TPSA) is 76.8 Å². The number of allylic oxidation sites excluding steroid dienone is 3. The molecule has 0 N–H and O–H groups in total. The van der Waals surface area contributed by atoms with Crippen LogP contribution in [0, 0.1) is 6.92 Å². The lowest BCUT2D eigenvalue weighted by Crippen LogP contribution is -2.37. The molecule has 7 nitrogen and oxygen atoms in total. The van der Waals surface area contributed by atoms with Gasteiger partial charge in [-0.15, -0.1) is 0 Å². The van der Waals surface area contributed by atoms with E-state index in [1.807, 2.05) is 24.5 Å². The van der Waals surface area contributed by atoms with Crippen LogP contribution < -0.4 is 5.56 Å². The van der Waals surface area contributed by atoms with Crippen LogP contribution in [0.1, 0.15) is 80.1 Å². The van der Waals surface area contributed by atoms with Gasteiger partial charge in [0.25, 0.3) is 5.56 Å². The van der Waals surface area contributed by atoms with Crippen molar-refractivity contribution >= 4 is 11.2 Å². The summed E-state index contributed by atoms with van der Waals surface area (Å²) in [5.41, 5.74) is 6.49. The second-order valence-corrected chi connectivity index (χ2v) is 10.2. The fraction of sp³-hybridized carbons (Fsp3) is 0.464. The highest BCUT2D eigenvalue weighted by molar-refractivity contribution is 5.71. The fourth-order valence-electron chi connectivity index (χ4n) is 6.16. The van der Waals surface area contributed by atoms with Gasteiger partial charge in [-0.25, -0.2) is 9.37 Å². The maximum atomic E-state index is 14.7. The van der Waals surface area contributed by atoms with E-state index in [0.29, 0.717) is 12.1 Å². The summed E-state index contributed by atoms with van der Waals surface area (Å²) in [5, 5.41) is 0. The van der Waals surface area contributed by atoms with Gasteiger partial charge in [0.15, 0.2) is 5.65 Å². The fourth-order valence-corrected chi connectivity index (χ4v) is 6.16. The van der Waals surface area contributed by atoms with Crippen molar-refractivity contribution in [1.82, 2.24) is 29.4 Å². The molecule has 0 saturated carbocycles. The molecule has 186 valence electrons. The third-order valence-electron chi connectivity index (χ3n) is 7.91. The molecule has 2 aliphatic carbocycles. The Balaban J connectivity index is 1.40. The molecule has 0 unspecified atom stereocenters. The highest BCUT2D eigenvalue weighted by atomic mass is 19.1. The molecule has 3 aliphatic rings. The number of likely N-dealkylation sites (tertiary alicyclic amines) is 1. The van der Waals surface area contributed by atoms with Crippen LogP contribution in [0.25, 0.3) is 11.2 Å². The van der Waals surface area contributed by atoms with E-state index in [4.69, 9.17) is 4.98 Å². The zero-order valence-corrected chi connectivity index (χ0v) is 20.9. The molecule has 1 saturated heterocycles. The average molecular weight is 487 g/mol. The normalized spacial score (nSPS) is 21.0. The van der Waals surface area contributed by atoms with Gasteiger partial charge >= 0.3 is 0 Å². The number of halogens is 1. The number of hydrogen-bond donors (Lipinski definition) is 0. The van der Waals surface area contributed by atoms with Crippen molar-refractivity contribution in [2.24, 2.45) is 0 Å². The van der Waals surface area contributed by atoms with Crippen molar-refractivity contribution < 1.29 is 4.39 Å². The van der Waals surface area contributed by atoms with Gasteiger partial charge in [-0.1, -0.05) is 6.08 Å². The van der Waals surface area contributed by atoms with Crippen molar-refractivity contribution in [3.63, 3.8) is 0 Å². The molecule has 0 bridgehead atoms. The number of fused-ring (bicyclic) bond motifs is 2. The van der Waals surface area contributed by atoms with Crippen LogP contribution >= 0.6 is 0 Å². The molecule has 3 aromatic heterocycles. The minimum absolute atomic E-state index is 0.00997. The molecule has 0 radical (unpaired) electrons. The van der Waals surface area contributed by atoms with Gasteiger partial charge in [-0.2, -0.15) is 0 Å². The molecular weight excluding hydrogens is 455 g/mol. The smallest absolute Gasteiger partial charge is 0.256 e. The van der Waals surface area contributed by atoms with E-state index in [2.05, 4.69) is 25.9 Å². The number of nitrogens with zero attached hydrogens (tertiary/aromatic N) is 6. The summed E-state index contributed by atoms with van der Waals surface area (Å²) >= 11 is 0. The zero-order chi connectivity index (χ0) is 24.8. The number of piperidine rings is 1. The molecule has 0 amide bonds. The average Bonchev–Trinajstić information content (AvgIpc) is 2.89. The quantitative estimate of drug-likeness (QED) is 0.523. The van der Waals surface area contributed by atoms with Crippen molar-refractivity contribution in [2.75, 3.05) is 13.1 Å². The lowest BCUT2D eigenvalue weighted by Gasteiger charge is -2.37. The predicted molar refractivity (Wildman–Crippen MR) is 136 cm³/mol. The van der Waals surface area contributed by atoms with Gasteiger partial charge in [-0.3, -0.25) is 24.3 Å². The zero-order valence-electron chi connectivity index (χ0n) is 20.9. The molecule has 0 spiro atoms. The Bertz CT molecular complexity index is 1450. The van der Waals surface area contributed by atoms with E-state index < -0.39 is 0 Å². The summed E-state index contributed by atoms with van der Waals surface area (Å²) in [6.07, 6.45) is 12.8. The molecule has 1 aliphatic heterocycles. The van der Waals surface area contributed by atoms with Crippen LogP contribution in [0.2, 0.25) is 0 Å². The molecule has 36 heavy (non-hydrogen) atoms. The van der Waals surface area contributed by atoms with Crippen molar-refractivity contribution in [2.45, 2.75) is 70.8 Å². The molecule has 8 heteroatoms. The number of rotatable bonds is 3. The van der Waals surface area contributed by atoms with E-state index in [-0.39, 0.29) is 23.3 Å². The maximum Gasteiger partial charge on any atom is 0.256 e. The first-order chi connectivity index (χ1) is 17.5. The SMILES string of the molecule is CC1=CCCC(F)=C1N1CCC(c2cc3ncc(C)nc3n([C@H]3CCCc4nccnc43)c2=O)CC1. The molecular formula is C28H31FN6O. The van der Waals surface area contributed by atoms with Gasteiger partial charge in [-0.05, 0) is 69.9 Å². The van der Waals surface area contributed by atoms with Crippen LogP contribution in [0.3, 0.4) is 0 Å². The summed E-state index contributed by atoms with van der Waals surface area (Å²) in [4.78, 5) is 34.9. The lowest BCUT2D eigenvalue weighted by atomic mass is 9.88. The molecule has 4 heterocycles. The summed E-state index contributed by atoms with van der Waals surface area (Å²) in [6.45, 7) is 5.35. The van der Waals surface area contributed by atoms with Gasteiger partial charge < -0.3 is 4.90 Å². The van der Waals surface area contributed by atoms with Crippen LogP contribution in [0.15, 0.2) is 52.6 Å². The van der Waals surface area contributed by atoms with E-state index in [9.17, 15) is 9.18 Å². The Morgan fingerprint density at radius 2 is 1.83 bits per heavy atom. The van der Waals surface area contributed by atoms with Gasteiger partial charge in [0, 0.05) is 43.7 Å². The third kappa shape index (κ3) is 3.92. The predicted octanol–water partition coefficient (Wildman–Crippen LogP) is 4.92. The largest absolute Gasteiger partial charge is 0.369 e. The van der Waals surface area contributed by atoms with E-state index in [0.717, 1.165) is 91.0 Å². The first kappa shape index (κ1) is 23.0. The minimum atomic E-state index is -0.206. The highest BCUT2D eigenvalue weighted by Crippen LogP contribution is 2.36. The van der Waals surface area contributed by atoms with Crippen LogP contribution in [-0.2, 0) is 6.42 Å². The first-order valence-electron chi connectivity index (χ1n) is 13.0. The molecule has 3 aromatic rings. The van der Waals surface area contributed by atoms with Crippen LogP contribution in [0.4, 0.5) is 4.39 Å². The van der Waals surface area contributed by atoms with E-state index >= 15 is 0 Å².